The maximum absolute atomic E-state index is 12.9. The zero-order chi connectivity index (χ0) is 26.6. The predicted molar refractivity (Wildman–Crippen MR) is 144 cm³/mol. The Hall–Kier alpha value is -2.47. The Morgan fingerprint density at radius 1 is 0.946 bits per heavy atom. The number of rotatable bonds is 10. The van der Waals surface area contributed by atoms with Crippen molar-refractivity contribution in [2.75, 3.05) is 11.8 Å². The number of amides is 1. The molecule has 0 aliphatic heterocycles. The first-order valence-corrected chi connectivity index (χ1v) is 15.9. The second-order valence-electron chi connectivity index (χ2n) is 10.2. The van der Waals surface area contributed by atoms with Gasteiger partial charge in [0.1, 0.15) is 0 Å². The number of likely N-dealkylation sites (N-methyl/N-ethyl adjacent to an activating group) is 1. The van der Waals surface area contributed by atoms with Crippen molar-refractivity contribution in [3.63, 3.8) is 0 Å². The van der Waals surface area contributed by atoms with E-state index in [4.69, 9.17) is 5.73 Å². The van der Waals surface area contributed by atoms with E-state index in [1.165, 1.54) is 24.3 Å². The Labute approximate surface area is 219 Å². The molecule has 2 aliphatic carbocycles. The lowest BCUT2D eigenvalue weighted by Crippen LogP contribution is -2.52. The summed E-state index contributed by atoms with van der Waals surface area (Å²) in [5, 5.41) is 0. The van der Waals surface area contributed by atoms with E-state index in [9.17, 15) is 21.6 Å². The third-order valence-electron chi connectivity index (χ3n) is 7.49. The van der Waals surface area contributed by atoms with Crippen LogP contribution < -0.4 is 15.2 Å². The molecule has 1 atom stereocenters. The molecule has 2 aromatic carbocycles. The zero-order valence-electron chi connectivity index (χ0n) is 21.0. The Bertz CT molecular complexity index is 1270. The number of anilines is 1. The number of carbonyl (C=O) groups excluding carboxylic acids is 1. The minimum absolute atomic E-state index is 0.0202. The smallest absolute Gasteiger partial charge is 0.240 e. The van der Waals surface area contributed by atoms with Gasteiger partial charge in [0.15, 0.2) is 0 Å². The monoisotopic (exact) mass is 548 g/mol. The van der Waals surface area contributed by atoms with Gasteiger partial charge in [-0.25, -0.2) is 21.6 Å². The van der Waals surface area contributed by atoms with E-state index in [1.807, 2.05) is 13.1 Å². The van der Waals surface area contributed by atoms with Gasteiger partial charge in [0.05, 0.1) is 16.7 Å². The summed E-state index contributed by atoms with van der Waals surface area (Å²) in [6.45, 7) is 0. The van der Waals surface area contributed by atoms with Gasteiger partial charge in [0, 0.05) is 24.8 Å². The lowest BCUT2D eigenvalue weighted by atomic mass is 9.81. The van der Waals surface area contributed by atoms with Crippen molar-refractivity contribution >= 4 is 31.6 Å². The van der Waals surface area contributed by atoms with E-state index >= 15 is 0 Å². The van der Waals surface area contributed by atoms with Crippen LogP contribution in [0.25, 0.3) is 0 Å². The topological polar surface area (TPSA) is 139 Å². The molecule has 2 aromatic rings. The quantitative estimate of drug-likeness (QED) is 0.417. The molecule has 0 unspecified atom stereocenters. The largest absolute Gasteiger partial charge is 0.341 e. The number of hydrogen-bond acceptors (Lipinski definition) is 6. The van der Waals surface area contributed by atoms with Crippen molar-refractivity contribution in [3.8, 4) is 0 Å². The molecule has 202 valence electrons. The maximum Gasteiger partial charge on any atom is 0.240 e. The summed E-state index contributed by atoms with van der Waals surface area (Å²) < 4.78 is 56.0. The van der Waals surface area contributed by atoms with E-state index in [1.54, 1.807) is 29.2 Å². The number of benzene rings is 2. The first-order valence-electron chi connectivity index (χ1n) is 12.7. The Morgan fingerprint density at radius 2 is 1.57 bits per heavy atom. The van der Waals surface area contributed by atoms with Gasteiger partial charge in [-0.3, -0.25) is 9.52 Å². The Balaban J connectivity index is 1.29. The van der Waals surface area contributed by atoms with Gasteiger partial charge in [-0.05, 0) is 80.7 Å². The van der Waals surface area contributed by atoms with Crippen LogP contribution in [0, 0.1) is 5.92 Å². The van der Waals surface area contributed by atoms with Crippen LogP contribution in [-0.2, 0) is 30.6 Å². The highest BCUT2D eigenvalue weighted by Gasteiger charge is 2.35. The standard InChI is InChI=1S/C26H36N4O5S2/c1-30(23-8-5-9-23)26(31)25(27)20-10-12-22(13-11-20)29-37(34,35)24-16-14-21(15-17-24)28-36(32,33)18-19-6-3-2-4-7-19/h2-4,6-7,14-17,20,22-23,25,28-29H,5,8-13,18,27H2,1H3/t20?,22?,25-/m0/s1. The van der Waals surface area contributed by atoms with Gasteiger partial charge in [-0.2, -0.15) is 0 Å². The van der Waals surface area contributed by atoms with E-state index in [2.05, 4.69) is 9.44 Å². The van der Waals surface area contributed by atoms with Crippen molar-refractivity contribution in [3.05, 3.63) is 60.2 Å². The molecule has 0 heterocycles. The van der Waals surface area contributed by atoms with Gasteiger partial charge < -0.3 is 10.6 Å². The first kappa shape index (κ1) is 27.6. The van der Waals surface area contributed by atoms with Crippen LogP contribution in [0.4, 0.5) is 5.69 Å². The van der Waals surface area contributed by atoms with Crippen LogP contribution in [0.5, 0.6) is 0 Å². The summed E-state index contributed by atoms with van der Waals surface area (Å²) in [5.41, 5.74) is 7.24. The summed E-state index contributed by atoms with van der Waals surface area (Å²) >= 11 is 0. The molecule has 9 nitrogen and oxygen atoms in total. The third kappa shape index (κ3) is 7.10. The highest BCUT2D eigenvalue weighted by atomic mass is 32.2. The molecule has 0 spiro atoms. The van der Waals surface area contributed by atoms with Crippen molar-refractivity contribution in [2.24, 2.45) is 11.7 Å². The van der Waals surface area contributed by atoms with Crippen molar-refractivity contribution in [1.29, 1.82) is 0 Å². The van der Waals surface area contributed by atoms with Crippen molar-refractivity contribution in [2.45, 2.75) is 73.7 Å². The minimum atomic E-state index is -3.78. The molecule has 2 fully saturated rings. The highest BCUT2D eigenvalue weighted by molar-refractivity contribution is 7.92. The van der Waals surface area contributed by atoms with Gasteiger partial charge in [-0.15, -0.1) is 0 Å². The van der Waals surface area contributed by atoms with Crippen molar-refractivity contribution < 1.29 is 21.6 Å². The second-order valence-corrected chi connectivity index (χ2v) is 13.6. The van der Waals surface area contributed by atoms with Gasteiger partial charge in [0.2, 0.25) is 26.0 Å². The lowest BCUT2D eigenvalue weighted by molar-refractivity contribution is -0.136. The van der Waals surface area contributed by atoms with Crippen LogP contribution in [-0.4, -0.2) is 52.8 Å². The Morgan fingerprint density at radius 3 is 2.14 bits per heavy atom. The average Bonchev–Trinajstić information content (AvgIpc) is 2.82. The summed E-state index contributed by atoms with van der Waals surface area (Å²) in [6.07, 6.45) is 5.79. The fraction of sp³-hybridized carbons (Fsp3) is 0.500. The van der Waals surface area contributed by atoms with Gasteiger partial charge in [0.25, 0.3) is 0 Å². The third-order valence-corrected chi connectivity index (χ3v) is 10.3. The maximum atomic E-state index is 12.9. The molecule has 0 bridgehead atoms. The molecule has 2 aliphatic rings. The van der Waals surface area contributed by atoms with Crippen LogP contribution >= 0.6 is 0 Å². The van der Waals surface area contributed by atoms with E-state index in [-0.39, 0.29) is 28.5 Å². The van der Waals surface area contributed by atoms with E-state index in [0.717, 1.165) is 19.3 Å². The number of nitrogens with two attached hydrogens (primary N) is 1. The fourth-order valence-electron chi connectivity index (χ4n) is 4.99. The number of hydrogen-bond donors (Lipinski definition) is 3. The van der Waals surface area contributed by atoms with Crippen LogP contribution in [0.2, 0.25) is 0 Å². The lowest BCUT2D eigenvalue weighted by Gasteiger charge is -2.38. The normalized spacial score (nSPS) is 21.6. The fourth-order valence-corrected chi connectivity index (χ4v) is 7.49. The predicted octanol–water partition coefficient (Wildman–Crippen LogP) is 2.80. The summed E-state index contributed by atoms with van der Waals surface area (Å²) in [5.74, 6) is -0.156. The molecule has 4 N–H and O–H groups in total. The molecular weight excluding hydrogens is 512 g/mol. The van der Waals surface area contributed by atoms with Crippen molar-refractivity contribution in [1.82, 2.24) is 9.62 Å². The molecule has 11 heteroatoms. The molecule has 1 amide bonds. The number of nitrogens with one attached hydrogen (secondary N) is 2. The number of nitrogens with zero attached hydrogens (tertiary/aromatic N) is 1. The second kappa shape index (κ2) is 11.5. The summed E-state index contributed by atoms with van der Waals surface area (Å²) in [6, 6.07) is 14.0. The molecule has 0 aromatic heterocycles. The summed E-state index contributed by atoms with van der Waals surface area (Å²) in [4.78, 5) is 14.6. The molecule has 4 rings (SSSR count). The number of sulfonamides is 2. The molecule has 37 heavy (non-hydrogen) atoms. The van der Waals surface area contributed by atoms with Crippen LogP contribution in [0.1, 0.15) is 50.5 Å². The minimum Gasteiger partial charge on any atom is -0.341 e. The molecule has 0 radical (unpaired) electrons. The highest BCUT2D eigenvalue weighted by Crippen LogP contribution is 2.30. The summed E-state index contributed by atoms with van der Waals surface area (Å²) in [7, 11) is -5.59. The van der Waals surface area contributed by atoms with Crippen LogP contribution in [0.3, 0.4) is 0 Å². The molecule has 0 saturated heterocycles. The SMILES string of the molecule is CN(C(=O)[C@@H](N)C1CCC(NS(=O)(=O)c2ccc(NS(=O)(=O)Cc3ccccc3)cc2)CC1)C1CCC1. The molecular formula is C26H36N4O5S2. The van der Waals surface area contributed by atoms with E-state index < -0.39 is 26.1 Å². The van der Waals surface area contributed by atoms with Gasteiger partial charge in [-0.1, -0.05) is 30.3 Å². The van der Waals surface area contributed by atoms with E-state index in [0.29, 0.717) is 43.0 Å². The zero-order valence-corrected chi connectivity index (χ0v) is 22.7. The van der Waals surface area contributed by atoms with Crippen LogP contribution in [0.15, 0.2) is 59.5 Å². The first-order chi connectivity index (χ1) is 17.5. The molecule has 2 saturated carbocycles. The average molecular weight is 549 g/mol. The number of carbonyl (C=O) groups is 1. The Kier molecular flexibility index (Phi) is 8.57. The van der Waals surface area contributed by atoms with Gasteiger partial charge >= 0.3 is 0 Å².